The van der Waals surface area contributed by atoms with Crippen molar-refractivity contribution in [2.24, 2.45) is 5.92 Å². The molecule has 1 aliphatic heterocycles. The van der Waals surface area contributed by atoms with E-state index in [0.717, 1.165) is 9.99 Å². The second kappa shape index (κ2) is 6.32. The molecule has 1 fully saturated rings. The minimum Gasteiger partial charge on any atom is -0.340 e. The van der Waals surface area contributed by atoms with Gasteiger partial charge in [-0.3, -0.25) is 9.59 Å². The standard InChI is InChI=1S/C18H19BrN2O2/c1-3-18(23)21-9-13(10-21)6-15(22)11-20-8-12(2)16-7-14(19)4-5-17(16)20/h3-5,7-8,13H,1,6,9-11H2,2H3. The molecule has 4 nitrogen and oxygen atoms in total. The minimum atomic E-state index is -0.0497. The number of hydrogen-bond acceptors (Lipinski definition) is 2. The molecule has 0 N–H and O–H groups in total. The maximum absolute atomic E-state index is 12.3. The van der Waals surface area contributed by atoms with E-state index in [1.807, 2.05) is 22.9 Å². The van der Waals surface area contributed by atoms with Gasteiger partial charge in [-0.25, -0.2) is 0 Å². The van der Waals surface area contributed by atoms with E-state index in [2.05, 4.69) is 35.5 Å². The molecular formula is C18H19BrN2O2. The molecule has 1 amide bonds. The average molecular weight is 375 g/mol. The number of halogens is 1. The molecule has 2 heterocycles. The number of ketones is 1. The van der Waals surface area contributed by atoms with Gasteiger partial charge in [-0.15, -0.1) is 0 Å². The molecule has 23 heavy (non-hydrogen) atoms. The number of Topliss-reactive ketones (excluding diaryl/α,β-unsaturated/α-hetero) is 1. The first-order valence-corrected chi connectivity index (χ1v) is 8.45. The van der Waals surface area contributed by atoms with Crippen LogP contribution >= 0.6 is 15.9 Å². The molecular weight excluding hydrogens is 356 g/mol. The van der Waals surface area contributed by atoms with Crippen LogP contribution < -0.4 is 0 Å². The molecule has 0 radical (unpaired) electrons. The van der Waals surface area contributed by atoms with Gasteiger partial charge in [0.2, 0.25) is 5.91 Å². The lowest BCUT2D eigenvalue weighted by Gasteiger charge is -2.38. The van der Waals surface area contributed by atoms with Crippen LogP contribution in [-0.2, 0) is 16.1 Å². The number of carbonyl (C=O) groups excluding carboxylic acids is 2. The topological polar surface area (TPSA) is 42.3 Å². The molecule has 0 unspecified atom stereocenters. The highest BCUT2D eigenvalue weighted by Gasteiger charge is 2.30. The average Bonchev–Trinajstić information content (AvgIpc) is 2.77. The van der Waals surface area contributed by atoms with E-state index in [1.165, 1.54) is 17.0 Å². The van der Waals surface area contributed by atoms with Crippen molar-refractivity contribution in [2.45, 2.75) is 19.9 Å². The highest BCUT2D eigenvalue weighted by molar-refractivity contribution is 9.10. The number of likely N-dealkylation sites (tertiary alicyclic amines) is 1. The summed E-state index contributed by atoms with van der Waals surface area (Å²) in [6.45, 7) is 7.24. The van der Waals surface area contributed by atoms with Crippen molar-refractivity contribution in [1.82, 2.24) is 9.47 Å². The molecule has 3 rings (SSSR count). The Morgan fingerprint density at radius 2 is 2.13 bits per heavy atom. The van der Waals surface area contributed by atoms with Crippen molar-refractivity contribution < 1.29 is 9.59 Å². The van der Waals surface area contributed by atoms with E-state index >= 15 is 0 Å². The zero-order valence-electron chi connectivity index (χ0n) is 13.1. The molecule has 120 valence electrons. The Morgan fingerprint density at radius 1 is 1.39 bits per heavy atom. The molecule has 0 bridgehead atoms. The number of aryl methyl sites for hydroxylation is 1. The molecule has 0 aliphatic carbocycles. The van der Waals surface area contributed by atoms with Crippen molar-refractivity contribution in [1.29, 1.82) is 0 Å². The third-order valence-corrected chi connectivity index (χ3v) is 4.84. The maximum Gasteiger partial charge on any atom is 0.245 e. The summed E-state index contributed by atoms with van der Waals surface area (Å²) in [7, 11) is 0. The number of benzene rings is 1. The summed E-state index contributed by atoms with van der Waals surface area (Å²) in [6, 6.07) is 6.11. The quantitative estimate of drug-likeness (QED) is 0.753. The van der Waals surface area contributed by atoms with Crippen LogP contribution in [0.4, 0.5) is 0 Å². The van der Waals surface area contributed by atoms with Crippen LogP contribution in [-0.4, -0.2) is 34.2 Å². The summed E-state index contributed by atoms with van der Waals surface area (Å²) in [5.74, 6) is 0.440. The minimum absolute atomic E-state index is 0.0497. The number of amides is 1. The van der Waals surface area contributed by atoms with E-state index in [0.29, 0.717) is 26.1 Å². The summed E-state index contributed by atoms with van der Waals surface area (Å²) in [5.41, 5.74) is 2.25. The highest BCUT2D eigenvalue weighted by atomic mass is 79.9. The first-order valence-electron chi connectivity index (χ1n) is 7.66. The lowest BCUT2D eigenvalue weighted by Crippen LogP contribution is -2.50. The summed E-state index contributed by atoms with van der Waals surface area (Å²) in [5, 5.41) is 1.17. The molecule has 0 saturated carbocycles. The van der Waals surface area contributed by atoms with Gasteiger partial charge in [-0.1, -0.05) is 22.5 Å². The lowest BCUT2D eigenvalue weighted by molar-refractivity contribution is -0.134. The van der Waals surface area contributed by atoms with E-state index in [-0.39, 0.29) is 17.6 Å². The van der Waals surface area contributed by atoms with E-state index in [1.54, 1.807) is 4.90 Å². The first-order chi connectivity index (χ1) is 11.0. The van der Waals surface area contributed by atoms with Crippen LogP contribution in [0.3, 0.4) is 0 Å². The normalized spacial score (nSPS) is 14.8. The molecule has 1 aromatic heterocycles. The largest absolute Gasteiger partial charge is 0.340 e. The molecule has 5 heteroatoms. The van der Waals surface area contributed by atoms with Gasteiger partial charge in [0, 0.05) is 47.0 Å². The Labute approximate surface area is 143 Å². The Kier molecular flexibility index (Phi) is 4.39. The fourth-order valence-electron chi connectivity index (χ4n) is 3.16. The van der Waals surface area contributed by atoms with E-state index in [4.69, 9.17) is 0 Å². The fraction of sp³-hybridized carbons (Fsp3) is 0.333. The monoisotopic (exact) mass is 374 g/mol. The van der Waals surface area contributed by atoms with Gasteiger partial charge in [0.1, 0.15) is 0 Å². The number of carbonyl (C=O) groups is 2. The number of fused-ring (bicyclic) bond motifs is 1. The summed E-state index contributed by atoms with van der Waals surface area (Å²) >= 11 is 3.48. The Balaban J connectivity index is 1.63. The predicted octanol–water partition coefficient (Wildman–Crippen LogP) is 3.32. The first kappa shape index (κ1) is 16.0. The third-order valence-electron chi connectivity index (χ3n) is 4.35. The van der Waals surface area contributed by atoms with Gasteiger partial charge in [0.25, 0.3) is 0 Å². The number of nitrogens with zero attached hydrogens (tertiary/aromatic N) is 2. The van der Waals surface area contributed by atoms with Crippen LogP contribution in [0.25, 0.3) is 10.9 Å². The van der Waals surface area contributed by atoms with Crippen molar-refractivity contribution >= 4 is 38.5 Å². The van der Waals surface area contributed by atoms with Crippen LogP contribution in [0.15, 0.2) is 41.5 Å². The number of hydrogen-bond donors (Lipinski definition) is 0. The molecule has 0 atom stereocenters. The Morgan fingerprint density at radius 3 is 2.83 bits per heavy atom. The van der Waals surface area contributed by atoms with Crippen molar-refractivity contribution in [3.63, 3.8) is 0 Å². The van der Waals surface area contributed by atoms with E-state index < -0.39 is 0 Å². The van der Waals surface area contributed by atoms with Crippen molar-refractivity contribution in [3.8, 4) is 0 Å². The van der Waals surface area contributed by atoms with E-state index in [9.17, 15) is 9.59 Å². The van der Waals surface area contributed by atoms with Gasteiger partial charge in [0.05, 0.1) is 6.54 Å². The molecule has 1 aliphatic rings. The second-order valence-electron chi connectivity index (χ2n) is 6.16. The molecule has 1 aromatic carbocycles. The Bertz CT molecular complexity index is 788. The number of aromatic nitrogens is 1. The SMILES string of the molecule is C=CC(=O)N1CC(CC(=O)Cn2cc(C)c3cc(Br)ccc32)C1. The van der Waals surface area contributed by atoms with Crippen LogP contribution in [0.1, 0.15) is 12.0 Å². The third kappa shape index (κ3) is 3.24. The van der Waals surface area contributed by atoms with Crippen LogP contribution in [0.2, 0.25) is 0 Å². The van der Waals surface area contributed by atoms with Gasteiger partial charge in [-0.05, 0) is 36.8 Å². The van der Waals surface area contributed by atoms with Crippen LogP contribution in [0.5, 0.6) is 0 Å². The van der Waals surface area contributed by atoms with Gasteiger partial charge < -0.3 is 9.47 Å². The number of rotatable bonds is 5. The zero-order chi connectivity index (χ0) is 16.6. The van der Waals surface area contributed by atoms with Crippen molar-refractivity contribution in [2.75, 3.05) is 13.1 Å². The van der Waals surface area contributed by atoms with Crippen molar-refractivity contribution in [3.05, 3.63) is 47.1 Å². The molecule has 0 spiro atoms. The summed E-state index contributed by atoms with van der Waals surface area (Å²) in [6.07, 6.45) is 3.88. The Hall–Kier alpha value is -1.88. The lowest BCUT2D eigenvalue weighted by atomic mass is 9.94. The second-order valence-corrected chi connectivity index (χ2v) is 7.07. The summed E-state index contributed by atoms with van der Waals surface area (Å²) in [4.78, 5) is 25.5. The summed E-state index contributed by atoms with van der Waals surface area (Å²) < 4.78 is 3.06. The van der Waals surface area contributed by atoms with Gasteiger partial charge in [0.15, 0.2) is 5.78 Å². The molecule has 1 saturated heterocycles. The van der Waals surface area contributed by atoms with Gasteiger partial charge >= 0.3 is 0 Å². The predicted molar refractivity (Wildman–Crippen MR) is 94.3 cm³/mol. The highest BCUT2D eigenvalue weighted by Crippen LogP contribution is 2.25. The maximum atomic E-state index is 12.3. The van der Waals surface area contributed by atoms with Crippen LogP contribution in [0, 0.1) is 12.8 Å². The molecule has 2 aromatic rings. The van der Waals surface area contributed by atoms with Gasteiger partial charge in [-0.2, -0.15) is 0 Å². The zero-order valence-corrected chi connectivity index (χ0v) is 14.7. The fourth-order valence-corrected chi connectivity index (χ4v) is 3.52. The smallest absolute Gasteiger partial charge is 0.245 e.